The molecule has 0 bridgehead atoms. The molecule has 0 unspecified atom stereocenters. The van der Waals surface area contributed by atoms with Crippen molar-refractivity contribution < 1.29 is 14.0 Å². The first kappa shape index (κ1) is 22.2. The van der Waals surface area contributed by atoms with E-state index in [4.69, 9.17) is 0 Å². The van der Waals surface area contributed by atoms with E-state index in [0.29, 0.717) is 18.8 Å². The number of benzene rings is 2. The van der Waals surface area contributed by atoms with Crippen LogP contribution in [0, 0.1) is 5.82 Å². The van der Waals surface area contributed by atoms with Crippen molar-refractivity contribution in [1.82, 2.24) is 15.1 Å². The third-order valence-corrected chi connectivity index (χ3v) is 6.93. The molecule has 1 aromatic heterocycles. The normalized spacial score (nSPS) is 15.9. The summed E-state index contributed by atoms with van der Waals surface area (Å²) >= 11 is 2.84. The van der Waals surface area contributed by atoms with Crippen molar-refractivity contribution >= 4 is 46.4 Å². The van der Waals surface area contributed by atoms with Gasteiger partial charge in [0.15, 0.2) is 0 Å². The second-order valence-corrected chi connectivity index (χ2v) is 9.24. The number of carbonyl (C=O) groups excluding carboxylic acids is 2. The maximum atomic E-state index is 13.0. The van der Waals surface area contributed by atoms with Crippen LogP contribution in [0.25, 0.3) is 0 Å². The molecular formula is C22H22FN5O2S2. The van der Waals surface area contributed by atoms with Gasteiger partial charge in [0.2, 0.25) is 5.01 Å². The molecule has 1 atom stereocenters. The average molecular weight is 472 g/mol. The summed E-state index contributed by atoms with van der Waals surface area (Å²) in [6, 6.07) is 13.1. The highest BCUT2D eigenvalue weighted by molar-refractivity contribution is 7.98. The maximum absolute atomic E-state index is 13.0. The van der Waals surface area contributed by atoms with E-state index >= 15 is 0 Å². The van der Waals surface area contributed by atoms with E-state index in [1.807, 2.05) is 30.5 Å². The third-order valence-electron chi connectivity index (χ3n) is 5.12. The molecule has 1 fully saturated rings. The number of thioether (sulfide) groups is 1. The minimum absolute atomic E-state index is 0.0249. The van der Waals surface area contributed by atoms with E-state index in [1.54, 1.807) is 16.7 Å². The van der Waals surface area contributed by atoms with Crippen molar-refractivity contribution in [3.8, 4) is 0 Å². The Morgan fingerprint density at radius 2 is 1.94 bits per heavy atom. The number of likely N-dealkylation sites (tertiary alicyclic amines) is 1. The van der Waals surface area contributed by atoms with E-state index in [2.05, 4.69) is 20.8 Å². The number of nitrogens with one attached hydrogen (secondary N) is 2. The lowest BCUT2D eigenvalue weighted by Gasteiger charge is -2.31. The largest absolute Gasteiger partial charge is 0.324 e. The van der Waals surface area contributed by atoms with Gasteiger partial charge in [0, 0.05) is 35.3 Å². The molecule has 4 rings (SSSR count). The van der Waals surface area contributed by atoms with E-state index in [0.717, 1.165) is 28.4 Å². The van der Waals surface area contributed by atoms with Gasteiger partial charge in [-0.05, 0) is 61.6 Å². The zero-order valence-corrected chi connectivity index (χ0v) is 19.0. The third kappa shape index (κ3) is 5.43. The van der Waals surface area contributed by atoms with Crippen molar-refractivity contribution in [2.45, 2.75) is 23.7 Å². The zero-order chi connectivity index (χ0) is 22.5. The number of anilines is 2. The SMILES string of the molecule is CSc1cccc(NC(=O)N2CCC[C@H](c3nnc(C(=O)Nc4ccc(F)cc4)s3)C2)c1. The van der Waals surface area contributed by atoms with Crippen molar-refractivity contribution in [2.75, 3.05) is 30.0 Å². The van der Waals surface area contributed by atoms with Gasteiger partial charge in [0.1, 0.15) is 10.8 Å². The first-order chi connectivity index (χ1) is 15.5. The summed E-state index contributed by atoms with van der Waals surface area (Å²) in [6.07, 6.45) is 3.71. The predicted molar refractivity (Wildman–Crippen MR) is 125 cm³/mol. The van der Waals surface area contributed by atoms with Crippen LogP contribution in [-0.4, -0.2) is 46.4 Å². The van der Waals surface area contributed by atoms with Gasteiger partial charge >= 0.3 is 6.03 Å². The van der Waals surface area contributed by atoms with E-state index in [-0.39, 0.29) is 28.7 Å². The summed E-state index contributed by atoms with van der Waals surface area (Å²) in [5, 5.41) is 14.8. The monoisotopic (exact) mass is 471 g/mol. The second-order valence-electron chi connectivity index (χ2n) is 7.35. The van der Waals surface area contributed by atoms with E-state index < -0.39 is 0 Å². The molecule has 2 heterocycles. The fourth-order valence-corrected chi connectivity index (χ4v) is 4.80. The van der Waals surface area contributed by atoms with Crippen molar-refractivity contribution in [1.29, 1.82) is 0 Å². The van der Waals surface area contributed by atoms with Gasteiger partial charge in [-0.15, -0.1) is 22.0 Å². The fourth-order valence-electron chi connectivity index (χ4n) is 3.48. The van der Waals surface area contributed by atoms with Gasteiger partial charge in [0.25, 0.3) is 5.91 Å². The highest BCUT2D eigenvalue weighted by Crippen LogP contribution is 2.30. The number of halogens is 1. The molecule has 3 amide bonds. The van der Waals surface area contributed by atoms with Gasteiger partial charge in [-0.2, -0.15) is 0 Å². The summed E-state index contributed by atoms with van der Waals surface area (Å²) < 4.78 is 13.0. The van der Waals surface area contributed by atoms with Crippen LogP contribution < -0.4 is 10.6 Å². The van der Waals surface area contributed by atoms with Crippen molar-refractivity contribution in [3.05, 3.63) is 64.4 Å². The van der Waals surface area contributed by atoms with Crippen molar-refractivity contribution in [2.24, 2.45) is 0 Å². The van der Waals surface area contributed by atoms with Crippen molar-refractivity contribution in [3.63, 3.8) is 0 Å². The molecule has 0 radical (unpaired) electrons. The lowest BCUT2D eigenvalue weighted by Crippen LogP contribution is -2.41. The standard InChI is InChI=1S/C22H22FN5O2S2/c1-31-18-6-2-5-17(12-18)25-22(30)28-11-3-4-14(13-28)20-26-27-21(32-20)19(29)24-16-9-7-15(23)8-10-16/h2,5-10,12,14H,3-4,11,13H2,1H3,(H,24,29)(H,25,30)/t14-/m0/s1. The highest BCUT2D eigenvalue weighted by Gasteiger charge is 2.28. The summed E-state index contributed by atoms with van der Waals surface area (Å²) in [5.41, 5.74) is 1.25. The Kier molecular flexibility index (Phi) is 7.01. The molecular weight excluding hydrogens is 449 g/mol. The minimum Gasteiger partial charge on any atom is -0.324 e. The summed E-state index contributed by atoms with van der Waals surface area (Å²) in [4.78, 5) is 28.1. The number of rotatable bonds is 5. The molecule has 2 N–H and O–H groups in total. The maximum Gasteiger partial charge on any atom is 0.321 e. The van der Waals surface area contributed by atoms with Crippen LogP contribution in [0.1, 0.15) is 33.6 Å². The molecule has 1 aliphatic heterocycles. The first-order valence-corrected chi connectivity index (χ1v) is 12.2. The topological polar surface area (TPSA) is 87.2 Å². The number of hydrogen-bond acceptors (Lipinski definition) is 6. The smallest absolute Gasteiger partial charge is 0.321 e. The van der Waals surface area contributed by atoms with Crippen LogP contribution in [0.3, 0.4) is 0 Å². The molecule has 0 aliphatic carbocycles. The lowest BCUT2D eigenvalue weighted by atomic mass is 9.99. The van der Waals surface area contributed by atoms with Gasteiger partial charge in [-0.25, -0.2) is 9.18 Å². The average Bonchev–Trinajstić information content (AvgIpc) is 3.31. The Balaban J connectivity index is 1.38. The minimum atomic E-state index is -0.389. The number of hydrogen-bond donors (Lipinski definition) is 2. The van der Waals surface area contributed by atoms with E-state index in [1.165, 1.54) is 35.6 Å². The summed E-state index contributed by atoms with van der Waals surface area (Å²) in [5.74, 6) is -0.736. The highest BCUT2D eigenvalue weighted by atomic mass is 32.2. The summed E-state index contributed by atoms with van der Waals surface area (Å²) in [6.45, 7) is 1.18. The van der Waals surface area contributed by atoms with Crippen LogP contribution in [0.5, 0.6) is 0 Å². The Morgan fingerprint density at radius 1 is 1.12 bits per heavy atom. The number of carbonyl (C=O) groups is 2. The molecule has 32 heavy (non-hydrogen) atoms. The van der Waals surface area contributed by atoms with Crippen LogP contribution in [-0.2, 0) is 0 Å². The molecule has 7 nitrogen and oxygen atoms in total. The Bertz CT molecular complexity index is 1110. The molecule has 10 heteroatoms. The molecule has 3 aromatic rings. The lowest BCUT2D eigenvalue weighted by molar-refractivity contribution is 0.102. The molecule has 1 saturated heterocycles. The number of aromatic nitrogens is 2. The summed E-state index contributed by atoms with van der Waals surface area (Å²) in [7, 11) is 0. The van der Waals surface area contributed by atoms with Gasteiger partial charge in [-0.3, -0.25) is 4.79 Å². The molecule has 2 aromatic carbocycles. The number of amides is 3. The van der Waals surface area contributed by atoms with Crippen LogP contribution >= 0.6 is 23.1 Å². The molecule has 0 saturated carbocycles. The second kappa shape index (κ2) is 10.1. The van der Waals surface area contributed by atoms with Gasteiger partial charge in [-0.1, -0.05) is 17.4 Å². The Hall–Kier alpha value is -2.98. The van der Waals surface area contributed by atoms with Crippen LogP contribution in [0.2, 0.25) is 0 Å². The van der Waals surface area contributed by atoms with Gasteiger partial charge < -0.3 is 15.5 Å². The molecule has 0 spiro atoms. The molecule has 166 valence electrons. The van der Waals surface area contributed by atoms with Gasteiger partial charge in [0.05, 0.1) is 0 Å². The van der Waals surface area contributed by atoms with Crippen LogP contribution in [0.4, 0.5) is 20.6 Å². The Morgan fingerprint density at radius 3 is 2.72 bits per heavy atom. The number of urea groups is 1. The Labute approximate surface area is 193 Å². The van der Waals surface area contributed by atoms with E-state index in [9.17, 15) is 14.0 Å². The zero-order valence-electron chi connectivity index (χ0n) is 17.4. The first-order valence-electron chi connectivity index (χ1n) is 10.1. The predicted octanol–water partition coefficient (Wildman–Crippen LogP) is 5.06. The van der Waals surface area contributed by atoms with Crippen LogP contribution in [0.15, 0.2) is 53.4 Å². The number of piperidine rings is 1. The fraction of sp³-hybridized carbons (Fsp3) is 0.273. The molecule has 1 aliphatic rings. The number of nitrogens with zero attached hydrogens (tertiary/aromatic N) is 3. The quantitative estimate of drug-likeness (QED) is 0.508.